The zero-order chi connectivity index (χ0) is 22.1. The van der Waals surface area contributed by atoms with Gasteiger partial charge >= 0.3 is 6.09 Å². The van der Waals surface area contributed by atoms with Crippen LogP contribution in [0.25, 0.3) is 0 Å². The van der Waals surface area contributed by atoms with E-state index in [0.29, 0.717) is 56.0 Å². The van der Waals surface area contributed by atoms with Crippen LogP contribution in [0.2, 0.25) is 0 Å². The highest BCUT2D eigenvalue weighted by Gasteiger charge is 2.44. The zero-order valence-electron chi connectivity index (χ0n) is 18.3. The topological polar surface area (TPSA) is 65.1 Å². The average molecular weight is 424 g/mol. The normalized spacial score (nSPS) is 17.6. The van der Waals surface area contributed by atoms with E-state index in [4.69, 9.17) is 14.2 Å². The third-order valence-corrected chi connectivity index (χ3v) is 5.64. The number of rotatable bonds is 3. The molecule has 0 saturated carbocycles. The molecular formula is C25H29NO5. The van der Waals surface area contributed by atoms with Crippen molar-refractivity contribution in [1.29, 1.82) is 0 Å². The molecule has 0 unspecified atom stereocenters. The molecule has 0 radical (unpaired) electrons. The molecule has 0 aromatic heterocycles. The molecule has 4 rings (SSSR count). The number of amides is 1. The van der Waals surface area contributed by atoms with Gasteiger partial charge < -0.3 is 19.1 Å². The molecule has 6 nitrogen and oxygen atoms in total. The van der Waals surface area contributed by atoms with Crippen molar-refractivity contribution in [2.45, 2.75) is 57.8 Å². The van der Waals surface area contributed by atoms with Gasteiger partial charge in [0, 0.05) is 25.9 Å². The summed E-state index contributed by atoms with van der Waals surface area (Å²) in [4.78, 5) is 27.0. The predicted octanol–water partition coefficient (Wildman–Crippen LogP) is 5.00. The van der Waals surface area contributed by atoms with Gasteiger partial charge in [-0.15, -0.1) is 0 Å². The number of carbonyl (C=O) groups excluding carboxylic acids is 2. The summed E-state index contributed by atoms with van der Waals surface area (Å²) in [7, 11) is 0. The molecule has 0 N–H and O–H groups in total. The van der Waals surface area contributed by atoms with E-state index in [2.05, 4.69) is 0 Å². The van der Waals surface area contributed by atoms with Crippen LogP contribution in [0.4, 0.5) is 4.79 Å². The van der Waals surface area contributed by atoms with Gasteiger partial charge in [-0.3, -0.25) is 4.79 Å². The summed E-state index contributed by atoms with van der Waals surface area (Å²) in [5.41, 5.74) is 0.543. The van der Waals surface area contributed by atoms with Crippen molar-refractivity contribution in [2.75, 3.05) is 13.1 Å². The summed E-state index contributed by atoms with van der Waals surface area (Å²) >= 11 is 0. The second kappa shape index (κ2) is 8.25. The van der Waals surface area contributed by atoms with Crippen LogP contribution < -0.4 is 9.47 Å². The minimum absolute atomic E-state index is 0.0529. The van der Waals surface area contributed by atoms with E-state index in [1.807, 2.05) is 63.2 Å². The van der Waals surface area contributed by atoms with Crippen LogP contribution in [0.5, 0.6) is 11.5 Å². The number of hydrogen-bond donors (Lipinski definition) is 0. The standard InChI is InChI=1S/C25H29NO5/c1-24(2,3)31-23(28)26-13-11-25(12-14-26)16-21(27)20-15-19(9-10-22(20)30-25)29-17-18-7-5-4-6-8-18/h4-10,15H,11-14,16-17H2,1-3H3. The fourth-order valence-electron chi connectivity index (χ4n) is 4.01. The van der Waals surface area contributed by atoms with Gasteiger partial charge in [0.1, 0.15) is 29.3 Å². The highest BCUT2D eigenvalue weighted by Crippen LogP contribution is 2.40. The summed E-state index contributed by atoms with van der Waals surface area (Å²) in [5.74, 6) is 1.29. The molecule has 2 aromatic rings. The Morgan fingerprint density at radius 2 is 1.81 bits per heavy atom. The lowest BCUT2D eigenvalue weighted by Crippen LogP contribution is -2.52. The van der Waals surface area contributed by atoms with Crippen molar-refractivity contribution in [3.8, 4) is 11.5 Å². The second-order valence-electron chi connectivity index (χ2n) is 9.28. The molecule has 2 aliphatic rings. The van der Waals surface area contributed by atoms with E-state index in [-0.39, 0.29) is 11.9 Å². The lowest BCUT2D eigenvalue weighted by Gasteiger charge is -2.44. The Morgan fingerprint density at radius 3 is 2.48 bits per heavy atom. The van der Waals surface area contributed by atoms with Crippen LogP contribution >= 0.6 is 0 Å². The SMILES string of the molecule is CC(C)(C)OC(=O)N1CCC2(CC1)CC(=O)c1cc(OCc3ccccc3)ccc1O2. The summed E-state index contributed by atoms with van der Waals surface area (Å²) in [6.07, 6.45) is 1.20. The van der Waals surface area contributed by atoms with Gasteiger partial charge in [0.15, 0.2) is 5.78 Å². The van der Waals surface area contributed by atoms with Crippen molar-refractivity contribution < 1.29 is 23.8 Å². The van der Waals surface area contributed by atoms with E-state index in [1.54, 1.807) is 11.0 Å². The largest absolute Gasteiger partial charge is 0.489 e. The Kier molecular flexibility index (Phi) is 5.65. The minimum Gasteiger partial charge on any atom is -0.489 e. The number of Topliss-reactive ketones (excluding diaryl/α,β-unsaturated/α-hetero) is 1. The maximum atomic E-state index is 12.9. The molecule has 164 valence electrons. The van der Waals surface area contributed by atoms with E-state index < -0.39 is 11.2 Å². The Bertz CT molecular complexity index is 956. The first kappa shape index (κ1) is 21.2. The van der Waals surface area contributed by atoms with E-state index in [9.17, 15) is 9.59 Å². The average Bonchev–Trinajstić information content (AvgIpc) is 2.72. The Balaban J connectivity index is 1.40. The molecule has 1 saturated heterocycles. The third-order valence-electron chi connectivity index (χ3n) is 5.64. The van der Waals surface area contributed by atoms with Gasteiger partial charge in [0.2, 0.25) is 0 Å². The first-order chi connectivity index (χ1) is 14.7. The third kappa shape index (κ3) is 5.01. The number of nitrogens with zero attached hydrogens (tertiary/aromatic N) is 1. The molecule has 1 amide bonds. The lowest BCUT2D eigenvalue weighted by molar-refractivity contribution is -0.0226. The van der Waals surface area contributed by atoms with Gasteiger partial charge in [-0.1, -0.05) is 30.3 Å². The maximum absolute atomic E-state index is 12.9. The number of carbonyl (C=O) groups is 2. The molecule has 6 heteroatoms. The highest BCUT2D eigenvalue weighted by atomic mass is 16.6. The fraction of sp³-hybridized carbons (Fsp3) is 0.440. The molecule has 2 heterocycles. The van der Waals surface area contributed by atoms with Gasteiger partial charge in [-0.05, 0) is 44.5 Å². The molecule has 0 atom stereocenters. The first-order valence-electron chi connectivity index (χ1n) is 10.7. The molecular weight excluding hydrogens is 394 g/mol. The molecule has 0 aliphatic carbocycles. The molecule has 31 heavy (non-hydrogen) atoms. The Labute approximate surface area is 183 Å². The molecule has 2 aliphatic heterocycles. The summed E-state index contributed by atoms with van der Waals surface area (Å²) in [6, 6.07) is 15.3. The Morgan fingerprint density at radius 1 is 1.10 bits per heavy atom. The van der Waals surface area contributed by atoms with Crippen LogP contribution in [0.1, 0.15) is 56.0 Å². The molecule has 1 fully saturated rings. The number of piperidine rings is 1. The number of hydrogen-bond acceptors (Lipinski definition) is 5. The number of ketones is 1. The van der Waals surface area contributed by atoms with Crippen LogP contribution in [0.15, 0.2) is 48.5 Å². The lowest BCUT2D eigenvalue weighted by atomic mass is 9.82. The van der Waals surface area contributed by atoms with Crippen molar-refractivity contribution in [1.82, 2.24) is 4.90 Å². The first-order valence-corrected chi connectivity index (χ1v) is 10.7. The van der Waals surface area contributed by atoms with Crippen LogP contribution in [-0.4, -0.2) is 41.1 Å². The van der Waals surface area contributed by atoms with Gasteiger partial charge in [-0.2, -0.15) is 0 Å². The quantitative estimate of drug-likeness (QED) is 0.695. The van der Waals surface area contributed by atoms with E-state index in [1.165, 1.54) is 0 Å². The van der Waals surface area contributed by atoms with Crippen LogP contribution in [0, 0.1) is 0 Å². The van der Waals surface area contributed by atoms with E-state index >= 15 is 0 Å². The number of likely N-dealkylation sites (tertiary alicyclic amines) is 1. The summed E-state index contributed by atoms with van der Waals surface area (Å²) in [5, 5.41) is 0. The number of ether oxygens (including phenoxy) is 3. The van der Waals surface area contributed by atoms with Gasteiger partial charge in [-0.25, -0.2) is 4.79 Å². The monoisotopic (exact) mass is 423 g/mol. The van der Waals surface area contributed by atoms with Crippen LogP contribution in [0.3, 0.4) is 0 Å². The van der Waals surface area contributed by atoms with Crippen molar-refractivity contribution in [3.05, 3.63) is 59.7 Å². The van der Waals surface area contributed by atoms with E-state index in [0.717, 1.165) is 5.56 Å². The predicted molar refractivity (Wildman–Crippen MR) is 117 cm³/mol. The summed E-state index contributed by atoms with van der Waals surface area (Å²) in [6.45, 7) is 7.03. The van der Waals surface area contributed by atoms with Gasteiger partial charge in [0.05, 0.1) is 12.0 Å². The fourth-order valence-corrected chi connectivity index (χ4v) is 4.01. The smallest absolute Gasteiger partial charge is 0.410 e. The second-order valence-corrected chi connectivity index (χ2v) is 9.28. The highest BCUT2D eigenvalue weighted by molar-refractivity contribution is 6.00. The van der Waals surface area contributed by atoms with Crippen molar-refractivity contribution in [2.24, 2.45) is 0 Å². The molecule has 0 bridgehead atoms. The Hall–Kier alpha value is -3.02. The zero-order valence-corrected chi connectivity index (χ0v) is 18.3. The molecule has 2 aromatic carbocycles. The minimum atomic E-state index is -0.561. The van der Waals surface area contributed by atoms with Crippen LogP contribution in [-0.2, 0) is 11.3 Å². The molecule has 1 spiro atoms. The van der Waals surface area contributed by atoms with Crippen molar-refractivity contribution in [3.63, 3.8) is 0 Å². The van der Waals surface area contributed by atoms with Gasteiger partial charge in [0.25, 0.3) is 0 Å². The maximum Gasteiger partial charge on any atom is 0.410 e. The van der Waals surface area contributed by atoms with Crippen molar-refractivity contribution >= 4 is 11.9 Å². The number of benzene rings is 2. The number of fused-ring (bicyclic) bond motifs is 1. The summed E-state index contributed by atoms with van der Waals surface area (Å²) < 4.78 is 17.6.